The molecule has 3 saturated heterocycles. The van der Waals surface area contributed by atoms with Crippen LogP contribution in [0, 0.1) is 0 Å². The second-order valence-electron chi connectivity index (χ2n) is 33.8. The average molecular weight is 1560 g/mol. The highest BCUT2D eigenvalue weighted by Gasteiger charge is 2.54. The first kappa shape index (κ1) is 102. The standard InChI is InChI=1S/C90H175NO18/c1-3-5-7-9-11-13-15-17-19-21-23-25-27-29-31-32-33-34-35-36-37-38-39-40-42-44-46-48-50-52-54-56-58-60-62-64-66-68-78(96)91-73(74(95)67-65-63-61-59-57-55-53-51-49-47-45-43-41-30-28-26-24-22-20-18-16-14-12-10-8-6-4-2)72-104-88-84(102)81(99)86(76(70-93)106-88)109-90-85(103)82(100)87(77(71-94)107-90)108-89-83(101)80(98)79(97)75(69-92)105-89/h73-77,79-90,92-95,97-103H,3-72H2,1-2H3,(H,91,96). The molecule has 0 aromatic heterocycles. The van der Waals surface area contributed by atoms with Gasteiger partial charge in [0.2, 0.25) is 5.91 Å². The molecular weight excluding hydrogens is 1380 g/mol. The molecule has 17 unspecified atom stereocenters. The fourth-order valence-corrected chi connectivity index (χ4v) is 16.5. The van der Waals surface area contributed by atoms with Crippen LogP contribution in [0.5, 0.6) is 0 Å². The topological polar surface area (TPSA) is 307 Å². The lowest BCUT2D eigenvalue weighted by molar-refractivity contribution is -0.379. The predicted molar refractivity (Wildman–Crippen MR) is 439 cm³/mol. The van der Waals surface area contributed by atoms with Gasteiger partial charge in [-0.25, -0.2) is 0 Å². The van der Waals surface area contributed by atoms with Crippen LogP contribution in [0.25, 0.3) is 0 Å². The molecule has 0 bridgehead atoms. The maximum Gasteiger partial charge on any atom is 0.220 e. The highest BCUT2D eigenvalue weighted by molar-refractivity contribution is 5.76. The fourth-order valence-electron chi connectivity index (χ4n) is 16.5. The van der Waals surface area contributed by atoms with Crippen LogP contribution in [0.3, 0.4) is 0 Å². The van der Waals surface area contributed by atoms with E-state index in [4.69, 9.17) is 28.4 Å². The third kappa shape index (κ3) is 49.6. The minimum Gasteiger partial charge on any atom is -0.394 e. The molecule has 3 fully saturated rings. The van der Waals surface area contributed by atoms with Gasteiger partial charge in [-0.1, -0.05) is 418 Å². The van der Waals surface area contributed by atoms with Crippen molar-refractivity contribution < 1.29 is 89.4 Å². The number of aliphatic hydroxyl groups excluding tert-OH is 11. The molecule has 0 aromatic rings. The van der Waals surface area contributed by atoms with Gasteiger partial charge in [-0.2, -0.15) is 0 Å². The number of carbonyl (C=O) groups is 1. The van der Waals surface area contributed by atoms with Gasteiger partial charge in [0.15, 0.2) is 18.9 Å². The number of unbranched alkanes of at least 4 members (excludes halogenated alkanes) is 62. The Morgan fingerprint density at radius 1 is 0.294 bits per heavy atom. The van der Waals surface area contributed by atoms with Gasteiger partial charge >= 0.3 is 0 Å². The van der Waals surface area contributed by atoms with E-state index in [9.17, 15) is 61.0 Å². The van der Waals surface area contributed by atoms with Crippen LogP contribution in [0.15, 0.2) is 0 Å². The number of hydrogen-bond acceptors (Lipinski definition) is 18. The zero-order valence-corrected chi connectivity index (χ0v) is 70.1. The van der Waals surface area contributed by atoms with Gasteiger partial charge in [-0.15, -0.1) is 0 Å². The maximum absolute atomic E-state index is 13.6. The minimum atomic E-state index is -1.97. The molecule has 19 nitrogen and oxygen atoms in total. The monoisotopic (exact) mass is 1560 g/mol. The summed E-state index contributed by atoms with van der Waals surface area (Å²) in [6, 6.07) is -0.885. The molecular formula is C90H175NO18. The zero-order chi connectivity index (χ0) is 78.8. The van der Waals surface area contributed by atoms with Crippen molar-refractivity contribution in [3.05, 3.63) is 0 Å². The molecule has 0 aliphatic carbocycles. The number of ether oxygens (including phenoxy) is 6. The number of rotatable bonds is 78. The van der Waals surface area contributed by atoms with Crippen LogP contribution in [-0.2, 0) is 33.2 Å². The third-order valence-corrected chi connectivity index (χ3v) is 23.9. The Balaban J connectivity index is 1.29. The van der Waals surface area contributed by atoms with E-state index >= 15 is 0 Å². The van der Waals surface area contributed by atoms with Gasteiger partial charge in [0, 0.05) is 6.42 Å². The lowest BCUT2D eigenvalue weighted by atomic mass is 9.96. The van der Waals surface area contributed by atoms with E-state index in [0.717, 1.165) is 44.9 Å². The Labute approximate surface area is 665 Å². The van der Waals surface area contributed by atoms with Crippen LogP contribution in [0.2, 0.25) is 0 Å². The summed E-state index contributed by atoms with van der Waals surface area (Å²) in [7, 11) is 0. The molecule has 0 radical (unpaired) electrons. The van der Waals surface area contributed by atoms with Crippen molar-refractivity contribution in [3.63, 3.8) is 0 Å². The molecule has 648 valence electrons. The average Bonchev–Trinajstić information content (AvgIpc) is 0.760. The molecule has 109 heavy (non-hydrogen) atoms. The first-order valence-electron chi connectivity index (χ1n) is 46.8. The zero-order valence-electron chi connectivity index (χ0n) is 70.1. The molecule has 3 heterocycles. The van der Waals surface area contributed by atoms with Crippen LogP contribution in [0.1, 0.15) is 438 Å². The van der Waals surface area contributed by atoms with E-state index in [1.165, 1.54) is 360 Å². The van der Waals surface area contributed by atoms with Crippen molar-refractivity contribution in [2.45, 2.75) is 542 Å². The van der Waals surface area contributed by atoms with Gasteiger partial charge in [-0.3, -0.25) is 4.79 Å². The van der Waals surface area contributed by atoms with E-state index in [2.05, 4.69) is 19.2 Å². The Morgan fingerprint density at radius 2 is 0.523 bits per heavy atom. The second-order valence-corrected chi connectivity index (χ2v) is 33.8. The number of carbonyl (C=O) groups excluding carboxylic acids is 1. The first-order valence-corrected chi connectivity index (χ1v) is 46.8. The molecule has 12 N–H and O–H groups in total. The number of nitrogens with one attached hydrogen (secondary N) is 1. The van der Waals surface area contributed by atoms with Gasteiger partial charge in [0.05, 0.1) is 38.6 Å². The summed E-state index contributed by atoms with van der Waals surface area (Å²) in [4.78, 5) is 13.6. The SMILES string of the molecule is CCCCCCCCCCCCCCCCCCCCCCCCCCCCCCCCCCCCCCCC(=O)NC(COC1OC(CO)C(OC2OC(CO)C(OC3OC(CO)C(O)C(O)C3O)C(O)C2O)C(O)C1O)C(O)CCCCCCCCCCCCCCCCCCCCCCCCCCCCC. The molecule has 0 aromatic carbocycles. The molecule has 0 saturated carbocycles. The largest absolute Gasteiger partial charge is 0.394 e. The quantitative estimate of drug-likeness (QED) is 0.0252. The fraction of sp³-hybridized carbons (Fsp3) is 0.989. The molecule has 3 rings (SSSR count). The lowest BCUT2D eigenvalue weighted by Crippen LogP contribution is -2.66. The summed E-state index contributed by atoms with van der Waals surface area (Å²) in [6.45, 7) is 1.90. The van der Waals surface area contributed by atoms with E-state index in [1.54, 1.807) is 0 Å². The second kappa shape index (κ2) is 70.9. The molecule has 19 heteroatoms. The van der Waals surface area contributed by atoms with E-state index in [-0.39, 0.29) is 18.9 Å². The summed E-state index contributed by atoms with van der Waals surface area (Å²) in [5, 5.41) is 121. The summed E-state index contributed by atoms with van der Waals surface area (Å²) in [5.74, 6) is -0.230. The van der Waals surface area contributed by atoms with Gasteiger partial charge in [-0.05, 0) is 12.8 Å². The normalized spacial score (nSPS) is 25.2. The Morgan fingerprint density at radius 3 is 0.798 bits per heavy atom. The van der Waals surface area contributed by atoms with Gasteiger partial charge in [0.1, 0.15) is 73.2 Å². The molecule has 1 amide bonds. The predicted octanol–water partition coefficient (Wildman–Crippen LogP) is 18.1. The van der Waals surface area contributed by atoms with Crippen molar-refractivity contribution in [3.8, 4) is 0 Å². The van der Waals surface area contributed by atoms with Crippen molar-refractivity contribution in [1.29, 1.82) is 0 Å². The summed E-state index contributed by atoms with van der Waals surface area (Å²) < 4.78 is 34.6. The van der Waals surface area contributed by atoms with E-state index in [0.29, 0.717) is 12.8 Å². The highest BCUT2D eigenvalue weighted by Crippen LogP contribution is 2.34. The van der Waals surface area contributed by atoms with Gasteiger partial charge < -0.3 is 89.9 Å². The molecule has 17 atom stereocenters. The summed E-state index contributed by atoms with van der Waals surface area (Å²) >= 11 is 0. The number of amides is 1. The van der Waals surface area contributed by atoms with Crippen molar-refractivity contribution >= 4 is 5.91 Å². The highest BCUT2D eigenvalue weighted by atomic mass is 16.8. The molecule has 3 aliphatic heterocycles. The van der Waals surface area contributed by atoms with E-state index in [1.807, 2.05) is 0 Å². The summed E-state index contributed by atoms with van der Waals surface area (Å²) in [6.07, 6.45) is 59.5. The van der Waals surface area contributed by atoms with Crippen molar-refractivity contribution in [2.75, 3.05) is 26.4 Å². The van der Waals surface area contributed by atoms with E-state index < -0.39 is 124 Å². The minimum absolute atomic E-state index is 0.230. The maximum atomic E-state index is 13.6. The third-order valence-electron chi connectivity index (χ3n) is 23.9. The van der Waals surface area contributed by atoms with Crippen LogP contribution in [-0.4, -0.2) is 193 Å². The van der Waals surface area contributed by atoms with Crippen LogP contribution < -0.4 is 5.32 Å². The first-order chi connectivity index (χ1) is 53.3. The smallest absolute Gasteiger partial charge is 0.220 e. The van der Waals surface area contributed by atoms with Crippen molar-refractivity contribution in [2.24, 2.45) is 0 Å². The van der Waals surface area contributed by atoms with Crippen LogP contribution >= 0.6 is 0 Å². The Bertz CT molecular complexity index is 1960. The number of aliphatic hydroxyl groups is 11. The number of hydrogen-bond donors (Lipinski definition) is 12. The molecule has 3 aliphatic rings. The lowest BCUT2D eigenvalue weighted by Gasteiger charge is -2.48. The Kier molecular flexibility index (Phi) is 66.4. The van der Waals surface area contributed by atoms with Gasteiger partial charge in [0.25, 0.3) is 0 Å². The van der Waals surface area contributed by atoms with Crippen LogP contribution in [0.4, 0.5) is 0 Å². The Hall–Kier alpha value is -1.21. The molecule has 0 spiro atoms. The summed E-state index contributed by atoms with van der Waals surface area (Å²) in [5.41, 5.74) is 0. The van der Waals surface area contributed by atoms with Crippen molar-refractivity contribution in [1.82, 2.24) is 5.32 Å².